The number of nitrogens with one attached hydrogen (secondary N) is 1. The van der Waals surface area contributed by atoms with Gasteiger partial charge in [0.05, 0.1) is 10.3 Å². The number of carbonyl (C=O) groups excluding carboxylic acids is 1. The van der Waals surface area contributed by atoms with Crippen molar-refractivity contribution in [2.24, 2.45) is 11.8 Å². The standard InChI is InChI=1S/C20H23N3O2S/c1-11-6-4-8-15(13(11)3)21-18(24)16-10-14-19(26-16)22-17-12(2)7-5-9-23(17)20(14)25/h5,7,9-11,13,15H,4,6,8H2,1-3H3,(H,21,24)/t11-,13-,15-/m1/s1. The van der Waals surface area contributed by atoms with Crippen LogP contribution in [0.3, 0.4) is 0 Å². The van der Waals surface area contributed by atoms with Gasteiger partial charge in [-0.15, -0.1) is 11.3 Å². The summed E-state index contributed by atoms with van der Waals surface area (Å²) in [5, 5.41) is 3.69. The van der Waals surface area contributed by atoms with Crippen LogP contribution in [0.5, 0.6) is 0 Å². The molecule has 3 aromatic heterocycles. The van der Waals surface area contributed by atoms with E-state index in [0.717, 1.165) is 18.4 Å². The quantitative estimate of drug-likeness (QED) is 0.748. The largest absolute Gasteiger partial charge is 0.348 e. The summed E-state index contributed by atoms with van der Waals surface area (Å²) in [6, 6.07) is 5.66. The Kier molecular flexibility index (Phi) is 4.31. The maximum absolute atomic E-state index is 12.8. The van der Waals surface area contributed by atoms with Gasteiger partial charge in [-0.05, 0) is 42.9 Å². The predicted octanol–water partition coefficient (Wildman–Crippen LogP) is 3.77. The van der Waals surface area contributed by atoms with Crippen molar-refractivity contribution in [2.75, 3.05) is 0 Å². The van der Waals surface area contributed by atoms with Crippen LogP contribution in [0.1, 0.15) is 48.3 Å². The minimum absolute atomic E-state index is 0.0934. The van der Waals surface area contributed by atoms with Crippen molar-refractivity contribution in [3.8, 4) is 0 Å². The smallest absolute Gasteiger partial charge is 0.266 e. The van der Waals surface area contributed by atoms with Crippen LogP contribution in [0.15, 0.2) is 29.2 Å². The highest BCUT2D eigenvalue weighted by atomic mass is 32.1. The van der Waals surface area contributed by atoms with E-state index in [1.54, 1.807) is 16.7 Å². The fourth-order valence-electron chi connectivity index (χ4n) is 3.90. The van der Waals surface area contributed by atoms with Crippen LogP contribution in [-0.4, -0.2) is 21.3 Å². The third-order valence-corrected chi connectivity index (χ3v) is 6.81. The maximum Gasteiger partial charge on any atom is 0.266 e. The van der Waals surface area contributed by atoms with E-state index in [-0.39, 0.29) is 17.5 Å². The van der Waals surface area contributed by atoms with Gasteiger partial charge < -0.3 is 5.32 Å². The van der Waals surface area contributed by atoms with Gasteiger partial charge in [-0.2, -0.15) is 0 Å². The normalized spacial score (nSPS) is 23.4. The first-order chi connectivity index (χ1) is 12.5. The van der Waals surface area contributed by atoms with Gasteiger partial charge in [0.2, 0.25) is 0 Å². The van der Waals surface area contributed by atoms with Crippen LogP contribution in [0.25, 0.3) is 15.9 Å². The molecule has 3 heterocycles. The molecule has 0 saturated heterocycles. The van der Waals surface area contributed by atoms with Gasteiger partial charge in [0.15, 0.2) is 0 Å². The lowest BCUT2D eigenvalue weighted by Crippen LogP contribution is -2.43. The molecular weight excluding hydrogens is 346 g/mol. The first kappa shape index (κ1) is 17.2. The average Bonchev–Trinajstić information content (AvgIpc) is 3.05. The van der Waals surface area contributed by atoms with Gasteiger partial charge in [0.25, 0.3) is 11.5 Å². The summed E-state index contributed by atoms with van der Waals surface area (Å²) in [4.78, 5) is 31.3. The first-order valence-corrected chi connectivity index (χ1v) is 9.99. The Balaban J connectivity index is 1.70. The molecular formula is C20H23N3O2S. The van der Waals surface area contributed by atoms with Crippen molar-refractivity contribution < 1.29 is 4.79 Å². The van der Waals surface area contributed by atoms with E-state index in [1.165, 1.54) is 17.8 Å². The van der Waals surface area contributed by atoms with Crippen molar-refractivity contribution in [1.82, 2.24) is 14.7 Å². The first-order valence-electron chi connectivity index (χ1n) is 9.18. The number of hydrogen-bond acceptors (Lipinski definition) is 4. The average molecular weight is 369 g/mol. The van der Waals surface area contributed by atoms with Gasteiger partial charge in [-0.25, -0.2) is 4.98 Å². The highest BCUT2D eigenvalue weighted by Crippen LogP contribution is 2.30. The molecule has 0 unspecified atom stereocenters. The summed E-state index contributed by atoms with van der Waals surface area (Å²) in [5.41, 5.74) is 1.47. The second-order valence-electron chi connectivity index (χ2n) is 7.48. The Hall–Kier alpha value is -2.21. The zero-order chi connectivity index (χ0) is 18.4. The second-order valence-corrected chi connectivity index (χ2v) is 8.51. The molecule has 1 aliphatic carbocycles. The third kappa shape index (κ3) is 2.82. The van der Waals surface area contributed by atoms with Crippen LogP contribution >= 0.6 is 11.3 Å². The number of aromatic nitrogens is 2. The van der Waals surface area contributed by atoms with Crippen LogP contribution in [-0.2, 0) is 0 Å². The number of rotatable bonds is 2. The van der Waals surface area contributed by atoms with Crippen molar-refractivity contribution >= 4 is 33.1 Å². The molecule has 0 aliphatic heterocycles. The monoisotopic (exact) mass is 369 g/mol. The highest BCUT2D eigenvalue weighted by molar-refractivity contribution is 7.20. The Morgan fingerprint density at radius 2 is 2.15 bits per heavy atom. The molecule has 136 valence electrons. The minimum atomic E-state index is -0.122. The number of amides is 1. The Morgan fingerprint density at radius 3 is 2.96 bits per heavy atom. The van der Waals surface area contributed by atoms with Crippen molar-refractivity contribution in [3.05, 3.63) is 45.2 Å². The van der Waals surface area contributed by atoms with Gasteiger partial charge >= 0.3 is 0 Å². The van der Waals surface area contributed by atoms with Gasteiger partial charge in [0.1, 0.15) is 10.5 Å². The molecule has 1 N–H and O–H groups in total. The Labute approximate surface area is 156 Å². The fourth-order valence-corrected chi connectivity index (χ4v) is 4.82. The number of aryl methyl sites for hydroxylation is 1. The molecule has 0 bridgehead atoms. The van der Waals surface area contributed by atoms with Crippen molar-refractivity contribution in [3.63, 3.8) is 0 Å². The van der Waals surface area contributed by atoms with E-state index >= 15 is 0 Å². The number of nitrogens with zero attached hydrogens (tertiary/aromatic N) is 2. The number of pyridine rings is 1. The van der Waals surface area contributed by atoms with Crippen molar-refractivity contribution in [1.29, 1.82) is 0 Å². The van der Waals surface area contributed by atoms with E-state index in [9.17, 15) is 9.59 Å². The second kappa shape index (κ2) is 6.50. The summed E-state index contributed by atoms with van der Waals surface area (Å²) in [5.74, 6) is 0.997. The molecule has 4 rings (SSSR count). The Bertz CT molecular complexity index is 1050. The molecule has 0 radical (unpaired) electrons. The fraction of sp³-hybridized carbons (Fsp3) is 0.450. The summed E-state index contributed by atoms with van der Waals surface area (Å²) in [7, 11) is 0. The molecule has 0 aromatic carbocycles. The lowest BCUT2D eigenvalue weighted by molar-refractivity contribution is 0.0895. The molecule has 1 saturated carbocycles. The van der Waals surface area contributed by atoms with Crippen molar-refractivity contribution in [2.45, 2.75) is 46.1 Å². The van der Waals surface area contributed by atoms with Gasteiger partial charge in [-0.1, -0.05) is 32.8 Å². The summed E-state index contributed by atoms with van der Waals surface area (Å²) >= 11 is 1.30. The Morgan fingerprint density at radius 1 is 1.35 bits per heavy atom. The third-order valence-electron chi connectivity index (χ3n) is 5.78. The van der Waals surface area contributed by atoms with E-state index in [4.69, 9.17) is 0 Å². The predicted molar refractivity (Wildman–Crippen MR) is 105 cm³/mol. The zero-order valence-corrected chi connectivity index (χ0v) is 16.1. The topological polar surface area (TPSA) is 63.5 Å². The van der Waals surface area contributed by atoms with Crippen LogP contribution in [0.4, 0.5) is 0 Å². The molecule has 1 amide bonds. The number of hydrogen-bond donors (Lipinski definition) is 1. The molecule has 3 aromatic rings. The minimum Gasteiger partial charge on any atom is -0.348 e. The van der Waals surface area contributed by atoms with E-state index < -0.39 is 0 Å². The lowest BCUT2D eigenvalue weighted by atomic mass is 9.78. The maximum atomic E-state index is 12.8. The van der Waals surface area contributed by atoms with Crippen LogP contribution in [0.2, 0.25) is 0 Å². The molecule has 5 nitrogen and oxygen atoms in total. The van der Waals surface area contributed by atoms with Gasteiger partial charge in [-0.3, -0.25) is 14.0 Å². The molecule has 1 aliphatic rings. The summed E-state index contributed by atoms with van der Waals surface area (Å²) in [6.45, 7) is 6.39. The van der Waals surface area contributed by atoms with Crippen LogP contribution < -0.4 is 10.9 Å². The van der Waals surface area contributed by atoms with Crippen LogP contribution in [0, 0.1) is 18.8 Å². The number of carbonyl (C=O) groups is 1. The lowest BCUT2D eigenvalue weighted by Gasteiger charge is -2.34. The number of fused-ring (bicyclic) bond motifs is 2. The molecule has 3 atom stereocenters. The van der Waals surface area contributed by atoms with E-state index in [0.29, 0.717) is 32.6 Å². The zero-order valence-electron chi connectivity index (χ0n) is 15.3. The summed E-state index contributed by atoms with van der Waals surface area (Å²) < 4.78 is 1.55. The van der Waals surface area contributed by atoms with E-state index in [2.05, 4.69) is 24.1 Å². The summed E-state index contributed by atoms with van der Waals surface area (Å²) in [6.07, 6.45) is 5.12. The molecule has 6 heteroatoms. The SMILES string of the molecule is Cc1cccn2c(=O)c3cc(C(=O)N[C@@H]4CCC[C@@H](C)[C@H]4C)sc3nc12. The van der Waals surface area contributed by atoms with Gasteiger partial charge in [0, 0.05) is 12.2 Å². The van der Waals surface area contributed by atoms with E-state index in [1.807, 2.05) is 19.1 Å². The molecule has 1 fully saturated rings. The number of thiophene rings is 1. The highest BCUT2D eigenvalue weighted by Gasteiger charge is 2.29. The molecule has 26 heavy (non-hydrogen) atoms. The molecule has 0 spiro atoms.